The van der Waals surface area contributed by atoms with Gasteiger partial charge in [-0.15, -0.1) is 6.58 Å². The summed E-state index contributed by atoms with van der Waals surface area (Å²) in [5, 5.41) is 3.56. The van der Waals surface area contributed by atoms with Crippen LogP contribution >= 0.6 is 11.8 Å². The third-order valence-corrected chi connectivity index (χ3v) is 4.36. The molecule has 1 aromatic rings. The Hall–Kier alpha value is -0.800. The van der Waals surface area contributed by atoms with E-state index in [1.54, 1.807) is 12.1 Å². The van der Waals surface area contributed by atoms with Crippen molar-refractivity contribution in [1.29, 1.82) is 0 Å². The fraction of sp³-hybridized carbons (Fsp3) is 0.467. The highest BCUT2D eigenvalue weighted by atomic mass is 32.2. The molecule has 2 rings (SSSR count). The van der Waals surface area contributed by atoms with E-state index in [-0.39, 0.29) is 5.82 Å². The monoisotopic (exact) mass is 265 g/mol. The van der Waals surface area contributed by atoms with E-state index in [9.17, 15) is 4.39 Å². The van der Waals surface area contributed by atoms with Crippen molar-refractivity contribution in [2.75, 3.05) is 18.1 Å². The Morgan fingerprint density at radius 3 is 2.72 bits per heavy atom. The molecule has 0 unspecified atom stereocenters. The second-order valence-corrected chi connectivity index (χ2v) is 5.88. The predicted octanol–water partition coefficient (Wildman–Crippen LogP) is 3.58. The number of benzene rings is 1. The topological polar surface area (TPSA) is 12.0 Å². The van der Waals surface area contributed by atoms with Gasteiger partial charge < -0.3 is 5.32 Å². The van der Waals surface area contributed by atoms with Crippen LogP contribution in [0.1, 0.15) is 24.3 Å². The maximum Gasteiger partial charge on any atom is 0.123 e. The average molecular weight is 265 g/mol. The number of nitrogens with one attached hydrogen (secondary N) is 1. The quantitative estimate of drug-likeness (QED) is 0.597. The van der Waals surface area contributed by atoms with Gasteiger partial charge in [0, 0.05) is 24.1 Å². The van der Waals surface area contributed by atoms with Gasteiger partial charge >= 0.3 is 0 Å². The minimum atomic E-state index is -0.146. The molecule has 1 N–H and O–H groups in total. The number of rotatable bonds is 7. The largest absolute Gasteiger partial charge is 0.313 e. The van der Waals surface area contributed by atoms with E-state index in [1.165, 1.54) is 18.4 Å². The molecule has 1 fully saturated rings. The number of thioether (sulfide) groups is 1. The van der Waals surface area contributed by atoms with Crippen LogP contribution in [0, 0.1) is 5.82 Å². The Balaban J connectivity index is 1.62. The van der Waals surface area contributed by atoms with Crippen LogP contribution in [0.2, 0.25) is 0 Å². The van der Waals surface area contributed by atoms with E-state index in [4.69, 9.17) is 0 Å². The summed E-state index contributed by atoms with van der Waals surface area (Å²) < 4.78 is 12.8. The van der Waals surface area contributed by atoms with Crippen LogP contribution in [0.25, 0.3) is 0 Å². The summed E-state index contributed by atoms with van der Waals surface area (Å²) in [6.07, 6.45) is 4.30. The smallest absolute Gasteiger partial charge is 0.123 e. The van der Waals surface area contributed by atoms with Gasteiger partial charge in [0.05, 0.1) is 0 Å². The van der Waals surface area contributed by atoms with Crippen LogP contribution in [0.5, 0.6) is 0 Å². The summed E-state index contributed by atoms with van der Waals surface area (Å²) in [4.78, 5) is 0. The third kappa shape index (κ3) is 3.85. The molecule has 1 nitrogen and oxygen atoms in total. The SMILES string of the molecule is C=CCSCCNC1CC(c2ccc(F)cc2)C1. The van der Waals surface area contributed by atoms with Crippen molar-refractivity contribution in [2.45, 2.75) is 24.8 Å². The second kappa shape index (κ2) is 6.95. The van der Waals surface area contributed by atoms with Crippen molar-refractivity contribution in [3.8, 4) is 0 Å². The minimum absolute atomic E-state index is 0.146. The molecule has 0 heterocycles. The summed E-state index contributed by atoms with van der Waals surface area (Å²) in [6, 6.07) is 7.58. The molecule has 1 aliphatic carbocycles. The highest BCUT2D eigenvalue weighted by Gasteiger charge is 2.29. The first kappa shape index (κ1) is 13.6. The molecule has 18 heavy (non-hydrogen) atoms. The molecular formula is C15H20FNS. The van der Waals surface area contributed by atoms with Crippen LogP contribution in [0.15, 0.2) is 36.9 Å². The van der Waals surface area contributed by atoms with Crippen molar-refractivity contribution in [3.63, 3.8) is 0 Å². The molecule has 0 radical (unpaired) electrons. The molecule has 0 amide bonds. The van der Waals surface area contributed by atoms with Crippen LogP contribution in [-0.4, -0.2) is 24.1 Å². The highest BCUT2D eigenvalue weighted by Crippen LogP contribution is 2.36. The van der Waals surface area contributed by atoms with Crippen LogP contribution in [0.3, 0.4) is 0 Å². The number of hydrogen-bond acceptors (Lipinski definition) is 2. The summed E-state index contributed by atoms with van der Waals surface area (Å²) in [5.74, 6) is 2.64. The molecule has 98 valence electrons. The predicted molar refractivity (Wildman–Crippen MR) is 77.7 cm³/mol. The number of halogens is 1. The molecule has 1 aliphatic rings. The van der Waals surface area contributed by atoms with E-state index in [1.807, 2.05) is 30.0 Å². The summed E-state index contributed by atoms with van der Waals surface area (Å²) in [5.41, 5.74) is 1.27. The van der Waals surface area contributed by atoms with Gasteiger partial charge in [-0.2, -0.15) is 11.8 Å². The first-order valence-electron chi connectivity index (χ1n) is 6.47. The van der Waals surface area contributed by atoms with Gasteiger partial charge in [-0.05, 0) is 36.5 Å². The van der Waals surface area contributed by atoms with Crippen molar-refractivity contribution >= 4 is 11.8 Å². The Labute approximate surface area is 113 Å². The van der Waals surface area contributed by atoms with E-state index < -0.39 is 0 Å². The fourth-order valence-electron chi connectivity index (χ4n) is 2.29. The Bertz CT molecular complexity index is 371. The molecule has 3 heteroatoms. The second-order valence-electron chi connectivity index (χ2n) is 4.73. The van der Waals surface area contributed by atoms with Gasteiger partial charge in [0.1, 0.15) is 5.82 Å². The van der Waals surface area contributed by atoms with Crippen molar-refractivity contribution in [1.82, 2.24) is 5.32 Å². The Kier molecular flexibility index (Phi) is 5.26. The summed E-state index contributed by atoms with van der Waals surface area (Å²) >= 11 is 1.91. The molecule has 0 saturated heterocycles. The lowest BCUT2D eigenvalue weighted by atomic mass is 9.76. The molecular weight excluding hydrogens is 245 g/mol. The zero-order valence-electron chi connectivity index (χ0n) is 10.6. The summed E-state index contributed by atoms with van der Waals surface area (Å²) in [7, 11) is 0. The Morgan fingerprint density at radius 2 is 2.06 bits per heavy atom. The van der Waals surface area contributed by atoms with Crippen molar-refractivity contribution < 1.29 is 4.39 Å². The minimum Gasteiger partial charge on any atom is -0.313 e. The first-order chi connectivity index (χ1) is 8.79. The zero-order valence-corrected chi connectivity index (χ0v) is 11.4. The summed E-state index contributed by atoms with van der Waals surface area (Å²) in [6.45, 7) is 4.77. The molecule has 0 aromatic heterocycles. The zero-order chi connectivity index (χ0) is 12.8. The average Bonchev–Trinajstić information content (AvgIpc) is 2.33. The normalized spacial score (nSPS) is 22.5. The van der Waals surface area contributed by atoms with Gasteiger partial charge in [0.2, 0.25) is 0 Å². The lowest BCUT2D eigenvalue weighted by Crippen LogP contribution is -2.41. The van der Waals surface area contributed by atoms with Gasteiger partial charge in [-0.25, -0.2) is 4.39 Å². The highest BCUT2D eigenvalue weighted by molar-refractivity contribution is 7.99. The molecule has 1 saturated carbocycles. The standard InChI is InChI=1S/C15H20FNS/c1-2-8-18-9-7-17-15-10-13(11-15)12-3-5-14(16)6-4-12/h2-6,13,15,17H,1,7-11H2. The lowest BCUT2D eigenvalue weighted by Gasteiger charge is -2.36. The van der Waals surface area contributed by atoms with Crippen LogP contribution in [0.4, 0.5) is 4.39 Å². The van der Waals surface area contributed by atoms with E-state index in [0.29, 0.717) is 12.0 Å². The van der Waals surface area contributed by atoms with Gasteiger partial charge in [-0.3, -0.25) is 0 Å². The molecule has 1 aromatic carbocycles. The van der Waals surface area contributed by atoms with Crippen LogP contribution < -0.4 is 5.32 Å². The van der Waals surface area contributed by atoms with Crippen molar-refractivity contribution in [2.24, 2.45) is 0 Å². The van der Waals surface area contributed by atoms with Crippen molar-refractivity contribution in [3.05, 3.63) is 48.3 Å². The lowest BCUT2D eigenvalue weighted by molar-refractivity contribution is 0.296. The number of hydrogen-bond donors (Lipinski definition) is 1. The molecule has 0 atom stereocenters. The van der Waals surface area contributed by atoms with Crippen LogP contribution in [-0.2, 0) is 0 Å². The third-order valence-electron chi connectivity index (χ3n) is 3.39. The fourth-order valence-corrected chi connectivity index (χ4v) is 2.89. The molecule has 0 spiro atoms. The van der Waals surface area contributed by atoms with Gasteiger partial charge in [0.25, 0.3) is 0 Å². The van der Waals surface area contributed by atoms with Gasteiger partial charge in [-0.1, -0.05) is 18.2 Å². The maximum absolute atomic E-state index is 12.8. The van der Waals surface area contributed by atoms with Gasteiger partial charge in [0.15, 0.2) is 0 Å². The molecule has 0 bridgehead atoms. The maximum atomic E-state index is 12.8. The van der Waals surface area contributed by atoms with E-state index in [2.05, 4.69) is 11.9 Å². The van der Waals surface area contributed by atoms with E-state index in [0.717, 1.165) is 18.1 Å². The molecule has 0 aliphatic heterocycles. The first-order valence-corrected chi connectivity index (χ1v) is 7.62. The Morgan fingerprint density at radius 1 is 1.33 bits per heavy atom. The van der Waals surface area contributed by atoms with E-state index >= 15 is 0 Å².